The highest BCUT2D eigenvalue weighted by molar-refractivity contribution is 7.92. The van der Waals surface area contributed by atoms with Crippen LogP contribution >= 0.6 is 0 Å². The van der Waals surface area contributed by atoms with Crippen LogP contribution in [0.3, 0.4) is 0 Å². The average Bonchev–Trinajstić information content (AvgIpc) is 2.48. The first-order valence-corrected chi connectivity index (χ1v) is 7.45. The first kappa shape index (κ1) is 13.3. The molecule has 0 aliphatic rings. The third-order valence-electron chi connectivity index (χ3n) is 2.88. The molecular formula is C13H10N4O3S. The Labute approximate surface area is 119 Å². The van der Waals surface area contributed by atoms with Gasteiger partial charge in [-0.25, -0.2) is 18.4 Å². The van der Waals surface area contributed by atoms with Crippen LogP contribution in [0.4, 0.5) is 5.82 Å². The van der Waals surface area contributed by atoms with Crippen molar-refractivity contribution in [2.24, 2.45) is 0 Å². The number of rotatable bonds is 3. The number of benzene rings is 1. The largest absolute Gasteiger partial charge is 0.329 e. The molecule has 7 nitrogen and oxygen atoms in total. The minimum absolute atomic E-state index is 0.0548. The molecule has 0 radical (unpaired) electrons. The molecule has 0 bridgehead atoms. The van der Waals surface area contributed by atoms with E-state index in [9.17, 15) is 13.2 Å². The number of hydrogen-bond donors (Lipinski definition) is 2. The number of sulfonamides is 1. The quantitative estimate of drug-likeness (QED) is 0.754. The van der Waals surface area contributed by atoms with Gasteiger partial charge in [-0.05, 0) is 35.7 Å². The summed E-state index contributed by atoms with van der Waals surface area (Å²) >= 11 is 0. The van der Waals surface area contributed by atoms with Crippen LogP contribution in [0.25, 0.3) is 10.8 Å². The van der Waals surface area contributed by atoms with Gasteiger partial charge in [-0.2, -0.15) is 0 Å². The molecule has 0 aliphatic heterocycles. The van der Waals surface area contributed by atoms with Crippen molar-refractivity contribution in [3.8, 4) is 0 Å². The molecule has 2 heterocycles. The summed E-state index contributed by atoms with van der Waals surface area (Å²) in [6.07, 6.45) is 4.15. The topological polar surface area (TPSA) is 105 Å². The molecule has 3 rings (SSSR count). The van der Waals surface area contributed by atoms with Gasteiger partial charge in [0.25, 0.3) is 15.6 Å². The second-order valence-corrected chi connectivity index (χ2v) is 5.94. The fourth-order valence-electron chi connectivity index (χ4n) is 1.89. The maximum Gasteiger partial charge on any atom is 0.263 e. The van der Waals surface area contributed by atoms with E-state index in [4.69, 9.17) is 0 Å². The van der Waals surface area contributed by atoms with Crippen molar-refractivity contribution in [2.45, 2.75) is 4.90 Å². The number of nitrogens with one attached hydrogen (secondary N) is 2. The van der Waals surface area contributed by atoms with Gasteiger partial charge in [0, 0.05) is 17.8 Å². The van der Waals surface area contributed by atoms with Crippen molar-refractivity contribution in [2.75, 3.05) is 4.72 Å². The average molecular weight is 302 g/mol. The molecule has 0 unspecified atom stereocenters. The van der Waals surface area contributed by atoms with Crippen LogP contribution in [0.2, 0.25) is 0 Å². The molecule has 2 N–H and O–H groups in total. The van der Waals surface area contributed by atoms with E-state index in [0.717, 1.165) is 0 Å². The Balaban J connectivity index is 2.05. The van der Waals surface area contributed by atoms with Gasteiger partial charge in [0.05, 0.1) is 4.90 Å². The van der Waals surface area contributed by atoms with Crippen molar-refractivity contribution in [1.82, 2.24) is 15.0 Å². The molecule has 21 heavy (non-hydrogen) atoms. The Morgan fingerprint density at radius 1 is 1.14 bits per heavy atom. The van der Waals surface area contributed by atoms with Crippen LogP contribution in [0.5, 0.6) is 0 Å². The highest BCUT2D eigenvalue weighted by Gasteiger charge is 2.15. The van der Waals surface area contributed by atoms with Gasteiger partial charge in [-0.3, -0.25) is 9.52 Å². The lowest BCUT2D eigenvalue weighted by atomic mass is 10.2. The van der Waals surface area contributed by atoms with Crippen LogP contribution in [0, 0.1) is 0 Å². The maximum absolute atomic E-state index is 12.3. The lowest BCUT2D eigenvalue weighted by molar-refractivity contribution is 0.601. The third kappa shape index (κ3) is 2.61. The van der Waals surface area contributed by atoms with Crippen molar-refractivity contribution >= 4 is 26.6 Å². The number of aromatic nitrogens is 3. The van der Waals surface area contributed by atoms with Gasteiger partial charge in [-0.1, -0.05) is 0 Å². The molecule has 2 aromatic heterocycles. The number of aromatic amines is 1. The number of fused-ring (bicyclic) bond motifs is 1. The van der Waals surface area contributed by atoms with Gasteiger partial charge in [-0.15, -0.1) is 0 Å². The lowest BCUT2D eigenvalue weighted by Gasteiger charge is -2.07. The summed E-state index contributed by atoms with van der Waals surface area (Å²) in [6.45, 7) is 0. The zero-order valence-corrected chi connectivity index (χ0v) is 11.5. The van der Waals surface area contributed by atoms with E-state index in [1.165, 1.54) is 43.0 Å². The maximum atomic E-state index is 12.3. The van der Waals surface area contributed by atoms with Crippen LogP contribution in [0.15, 0.2) is 58.7 Å². The van der Waals surface area contributed by atoms with Gasteiger partial charge in [0.15, 0.2) is 0 Å². The number of hydrogen-bond acceptors (Lipinski definition) is 5. The summed E-state index contributed by atoms with van der Waals surface area (Å²) in [6, 6.07) is 7.38. The minimum Gasteiger partial charge on any atom is -0.329 e. The molecule has 0 atom stereocenters. The zero-order valence-electron chi connectivity index (χ0n) is 10.6. The smallest absolute Gasteiger partial charge is 0.263 e. The Morgan fingerprint density at radius 2 is 2.00 bits per heavy atom. The molecule has 0 fully saturated rings. The molecule has 0 aliphatic carbocycles. The summed E-state index contributed by atoms with van der Waals surface area (Å²) in [5.74, 6) is 0.177. The second kappa shape index (κ2) is 4.98. The molecule has 0 spiro atoms. The normalized spacial score (nSPS) is 11.4. The van der Waals surface area contributed by atoms with Gasteiger partial charge >= 0.3 is 0 Å². The standard InChI is InChI=1S/C13H10N4O3S/c18-13-11-2-1-10(7-9(11)3-6-15-13)21(19,20)17-12-4-5-14-8-16-12/h1-8H,(H,15,18)(H,14,16,17). The van der Waals surface area contributed by atoms with Crippen LogP contribution in [0.1, 0.15) is 0 Å². The summed E-state index contributed by atoms with van der Waals surface area (Å²) in [4.78, 5) is 21.7. The predicted octanol–water partition coefficient (Wildman–Crippen LogP) is 1.12. The highest BCUT2D eigenvalue weighted by Crippen LogP contribution is 2.18. The van der Waals surface area contributed by atoms with E-state index < -0.39 is 10.0 Å². The van der Waals surface area contributed by atoms with Crippen molar-refractivity contribution in [3.05, 3.63) is 59.4 Å². The Bertz CT molecular complexity index is 952. The predicted molar refractivity (Wildman–Crippen MR) is 77.4 cm³/mol. The molecule has 3 aromatic rings. The van der Waals surface area contributed by atoms with E-state index in [0.29, 0.717) is 10.8 Å². The summed E-state index contributed by atoms with van der Waals surface area (Å²) in [7, 11) is -3.77. The Kier molecular flexibility index (Phi) is 3.15. The van der Waals surface area contributed by atoms with Crippen LogP contribution < -0.4 is 10.3 Å². The monoisotopic (exact) mass is 302 g/mol. The molecule has 0 amide bonds. The molecule has 8 heteroatoms. The van der Waals surface area contributed by atoms with E-state index in [-0.39, 0.29) is 16.3 Å². The molecule has 0 saturated heterocycles. The summed E-state index contributed by atoms with van der Waals surface area (Å²) in [5.41, 5.74) is -0.264. The Morgan fingerprint density at radius 3 is 2.76 bits per heavy atom. The van der Waals surface area contributed by atoms with Crippen molar-refractivity contribution in [1.29, 1.82) is 0 Å². The zero-order chi connectivity index (χ0) is 14.9. The highest BCUT2D eigenvalue weighted by atomic mass is 32.2. The summed E-state index contributed by atoms with van der Waals surface area (Å²) in [5, 5.41) is 0.975. The third-order valence-corrected chi connectivity index (χ3v) is 4.23. The molecule has 1 aromatic carbocycles. The van der Waals surface area contributed by atoms with E-state index >= 15 is 0 Å². The van der Waals surface area contributed by atoms with Gasteiger partial charge < -0.3 is 4.98 Å². The minimum atomic E-state index is -3.77. The first-order chi connectivity index (χ1) is 10.1. The molecular weight excluding hydrogens is 292 g/mol. The van der Waals surface area contributed by atoms with Gasteiger partial charge in [0.1, 0.15) is 12.1 Å². The summed E-state index contributed by atoms with van der Waals surface area (Å²) < 4.78 is 26.9. The fourth-order valence-corrected chi connectivity index (χ4v) is 2.93. The van der Waals surface area contributed by atoms with E-state index in [1.54, 1.807) is 6.07 Å². The van der Waals surface area contributed by atoms with Crippen molar-refractivity contribution in [3.63, 3.8) is 0 Å². The van der Waals surface area contributed by atoms with E-state index in [2.05, 4.69) is 19.7 Å². The SMILES string of the molecule is O=c1[nH]ccc2cc(S(=O)(=O)Nc3ccncn3)ccc12. The number of H-pyrrole nitrogens is 1. The van der Waals surface area contributed by atoms with Crippen LogP contribution in [-0.2, 0) is 10.0 Å². The first-order valence-electron chi connectivity index (χ1n) is 5.96. The Hall–Kier alpha value is -2.74. The fraction of sp³-hybridized carbons (Fsp3) is 0. The van der Waals surface area contributed by atoms with Gasteiger partial charge in [0.2, 0.25) is 0 Å². The number of pyridine rings is 1. The molecule has 0 saturated carbocycles. The number of nitrogens with zero attached hydrogens (tertiary/aromatic N) is 2. The van der Waals surface area contributed by atoms with E-state index in [1.807, 2.05) is 0 Å². The number of anilines is 1. The molecule has 106 valence electrons. The van der Waals surface area contributed by atoms with Crippen molar-refractivity contribution < 1.29 is 8.42 Å². The van der Waals surface area contributed by atoms with Crippen LogP contribution in [-0.4, -0.2) is 23.4 Å². The lowest BCUT2D eigenvalue weighted by Crippen LogP contribution is -2.14. The second-order valence-electron chi connectivity index (χ2n) is 4.26.